The molecule has 2 aromatic carbocycles. The van der Waals surface area contributed by atoms with Crippen LogP contribution in [0.4, 0.5) is 5.69 Å². The molecule has 1 saturated heterocycles. The van der Waals surface area contributed by atoms with Gasteiger partial charge in [-0.15, -0.1) is 0 Å². The number of anilines is 1. The van der Waals surface area contributed by atoms with Gasteiger partial charge in [-0.25, -0.2) is 13.1 Å². The average molecular weight is 346 g/mol. The number of methoxy groups -OCH3 is 1. The first-order chi connectivity index (χ1) is 11.5. The molecule has 7 heteroatoms. The van der Waals surface area contributed by atoms with E-state index in [1.165, 1.54) is 12.1 Å². The summed E-state index contributed by atoms with van der Waals surface area (Å²) in [5, 5.41) is 0. The zero-order valence-electron chi connectivity index (χ0n) is 13.2. The van der Waals surface area contributed by atoms with Gasteiger partial charge in [0.1, 0.15) is 5.75 Å². The lowest BCUT2D eigenvalue weighted by molar-refractivity contribution is -0.117. The minimum Gasteiger partial charge on any atom is -0.497 e. The van der Waals surface area contributed by atoms with E-state index in [1.54, 1.807) is 54.5 Å². The number of hydrogen-bond donors (Lipinski definition) is 1. The lowest BCUT2D eigenvalue weighted by atomic mass is 10.3. The predicted molar refractivity (Wildman–Crippen MR) is 90.5 cm³/mol. The van der Waals surface area contributed by atoms with Crippen molar-refractivity contribution >= 4 is 21.6 Å². The van der Waals surface area contributed by atoms with Crippen LogP contribution in [0.2, 0.25) is 0 Å². The predicted octanol–water partition coefficient (Wildman–Crippen LogP) is 1.78. The number of nitrogens with zero attached hydrogens (tertiary/aromatic N) is 1. The summed E-state index contributed by atoms with van der Waals surface area (Å²) < 4.78 is 32.4. The van der Waals surface area contributed by atoms with Crippen LogP contribution in [0.5, 0.6) is 5.75 Å². The van der Waals surface area contributed by atoms with Gasteiger partial charge in [0.2, 0.25) is 15.9 Å². The van der Waals surface area contributed by atoms with Gasteiger partial charge in [0, 0.05) is 24.7 Å². The Bertz CT molecular complexity index is 819. The maximum atomic E-state index is 12.4. The highest BCUT2D eigenvalue weighted by molar-refractivity contribution is 7.89. The van der Waals surface area contributed by atoms with Crippen LogP contribution >= 0.6 is 0 Å². The molecule has 1 aliphatic rings. The molecule has 0 saturated carbocycles. The number of amides is 1. The lowest BCUT2D eigenvalue weighted by Crippen LogP contribution is -2.37. The normalized spacial score (nSPS) is 18.0. The molecule has 126 valence electrons. The topological polar surface area (TPSA) is 75.7 Å². The van der Waals surface area contributed by atoms with E-state index < -0.39 is 16.1 Å². The van der Waals surface area contributed by atoms with E-state index in [2.05, 4.69) is 4.72 Å². The number of sulfonamides is 1. The van der Waals surface area contributed by atoms with Crippen LogP contribution in [-0.4, -0.2) is 34.0 Å². The third-order valence-corrected chi connectivity index (χ3v) is 5.42. The van der Waals surface area contributed by atoms with Crippen molar-refractivity contribution in [2.45, 2.75) is 17.4 Å². The van der Waals surface area contributed by atoms with Gasteiger partial charge >= 0.3 is 0 Å². The zero-order chi connectivity index (χ0) is 17.2. The molecule has 3 rings (SSSR count). The van der Waals surface area contributed by atoms with Crippen molar-refractivity contribution < 1.29 is 17.9 Å². The number of hydrogen-bond acceptors (Lipinski definition) is 4. The molecule has 2 aromatic rings. The van der Waals surface area contributed by atoms with Crippen LogP contribution < -0.4 is 14.4 Å². The molecular weight excluding hydrogens is 328 g/mol. The van der Waals surface area contributed by atoms with Gasteiger partial charge in [-0.3, -0.25) is 4.79 Å². The third kappa shape index (κ3) is 3.42. The van der Waals surface area contributed by atoms with E-state index in [1.807, 2.05) is 0 Å². The SMILES string of the molecule is COc1ccc(N2CC(NS(=O)(=O)c3ccccc3)CC2=O)cc1. The van der Waals surface area contributed by atoms with Crippen LogP contribution in [-0.2, 0) is 14.8 Å². The molecule has 0 aromatic heterocycles. The van der Waals surface area contributed by atoms with Crippen molar-refractivity contribution in [2.75, 3.05) is 18.6 Å². The van der Waals surface area contributed by atoms with Crippen LogP contribution in [0.1, 0.15) is 6.42 Å². The number of carbonyl (C=O) groups excluding carboxylic acids is 1. The van der Waals surface area contributed by atoms with Gasteiger partial charge in [0.15, 0.2) is 0 Å². The second kappa shape index (κ2) is 6.62. The Labute approximate surface area is 141 Å². The van der Waals surface area contributed by atoms with E-state index in [0.717, 1.165) is 5.69 Å². The number of benzene rings is 2. The fourth-order valence-electron chi connectivity index (χ4n) is 2.69. The summed E-state index contributed by atoms with van der Waals surface area (Å²) in [4.78, 5) is 14.0. The van der Waals surface area contributed by atoms with Crippen LogP contribution in [0.25, 0.3) is 0 Å². The summed E-state index contributed by atoms with van der Waals surface area (Å²) >= 11 is 0. The van der Waals surface area contributed by atoms with E-state index in [-0.39, 0.29) is 17.2 Å². The lowest BCUT2D eigenvalue weighted by Gasteiger charge is -2.17. The molecule has 1 atom stereocenters. The summed E-state index contributed by atoms with van der Waals surface area (Å²) in [7, 11) is -2.06. The Balaban J connectivity index is 1.72. The van der Waals surface area contributed by atoms with E-state index in [0.29, 0.717) is 12.3 Å². The van der Waals surface area contributed by atoms with Gasteiger partial charge in [-0.2, -0.15) is 0 Å². The van der Waals surface area contributed by atoms with Gasteiger partial charge in [-0.1, -0.05) is 18.2 Å². The highest BCUT2D eigenvalue weighted by atomic mass is 32.2. The van der Waals surface area contributed by atoms with Crippen LogP contribution in [0.15, 0.2) is 59.5 Å². The summed E-state index contributed by atoms with van der Waals surface area (Å²) in [6.07, 6.45) is 0.137. The fraction of sp³-hybridized carbons (Fsp3) is 0.235. The minimum absolute atomic E-state index is 0.110. The summed E-state index contributed by atoms with van der Waals surface area (Å²) in [5.41, 5.74) is 0.724. The van der Waals surface area contributed by atoms with Gasteiger partial charge < -0.3 is 9.64 Å². The standard InChI is InChI=1S/C17H18N2O4S/c1-23-15-9-7-14(8-10-15)19-12-13(11-17(19)20)18-24(21,22)16-5-3-2-4-6-16/h2-10,13,18H,11-12H2,1H3. The minimum atomic E-state index is -3.63. The highest BCUT2D eigenvalue weighted by Crippen LogP contribution is 2.24. The van der Waals surface area contributed by atoms with E-state index in [9.17, 15) is 13.2 Å². The smallest absolute Gasteiger partial charge is 0.240 e. The number of carbonyl (C=O) groups is 1. The molecule has 1 fully saturated rings. The molecule has 0 aliphatic carbocycles. The van der Waals surface area contributed by atoms with Crippen molar-refractivity contribution in [3.05, 3.63) is 54.6 Å². The Kier molecular flexibility index (Phi) is 4.55. The first kappa shape index (κ1) is 16.5. The fourth-order valence-corrected chi connectivity index (χ4v) is 3.93. The Hall–Kier alpha value is -2.38. The number of nitrogens with one attached hydrogen (secondary N) is 1. The Morgan fingerprint density at radius 3 is 2.38 bits per heavy atom. The summed E-state index contributed by atoms with van der Waals surface area (Å²) in [6, 6.07) is 14.8. The number of ether oxygens (including phenoxy) is 1. The van der Waals surface area contributed by atoms with Crippen molar-refractivity contribution in [2.24, 2.45) is 0 Å². The van der Waals surface area contributed by atoms with E-state index in [4.69, 9.17) is 4.74 Å². The third-order valence-electron chi connectivity index (χ3n) is 3.88. The molecular formula is C17H18N2O4S. The van der Waals surface area contributed by atoms with Gasteiger partial charge in [0.05, 0.1) is 12.0 Å². The molecule has 1 unspecified atom stereocenters. The largest absolute Gasteiger partial charge is 0.497 e. The molecule has 1 heterocycles. The van der Waals surface area contributed by atoms with Gasteiger partial charge in [-0.05, 0) is 36.4 Å². The Morgan fingerprint density at radius 1 is 1.08 bits per heavy atom. The van der Waals surface area contributed by atoms with Crippen molar-refractivity contribution in [1.82, 2.24) is 4.72 Å². The molecule has 1 N–H and O–H groups in total. The second-order valence-electron chi connectivity index (χ2n) is 5.54. The van der Waals surface area contributed by atoms with Crippen molar-refractivity contribution in [1.29, 1.82) is 0 Å². The average Bonchev–Trinajstić information content (AvgIpc) is 2.95. The van der Waals surface area contributed by atoms with Crippen LogP contribution in [0.3, 0.4) is 0 Å². The molecule has 0 spiro atoms. The maximum Gasteiger partial charge on any atom is 0.240 e. The molecule has 6 nitrogen and oxygen atoms in total. The molecule has 24 heavy (non-hydrogen) atoms. The molecule has 0 radical (unpaired) electrons. The summed E-state index contributed by atoms with van der Waals surface area (Å²) in [6.45, 7) is 0.303. The maximum absolute atomic E-state index is 12.4. The van der Waals surface area contributed by atoms with Crippen molar-refractivity contribution in [3.63, 3.8) is 0 Å². The van der Waals surface area contributed by atoms with E-state index >= 15 is 0 Å². The van der Waals surface area contributed by atoms with Crippen molar-refractivity contribution in [3.8, 4) is 5.75 Å². The Morgan fingerprint density at radius 2 is 1.75 bits per heavy atom. The monoisotopic (exact) mass is 346 g/mol. The molecule has 1 amide bonds. The number of rotatable bonds is 5. The zero-order valence-corrected chi connectivity index (χ0v) is 14.0. The molecule has 0 bridgehead atoms. The van der Waals surface area contributed by atoms with Gasteiger partial charge in [0.25, 0.3) is 0 Å². The quantitative estimate of drug-likeness (QED) is 0.895. The second-order valence-corrected chi connectivity index (χ2v) is 7.25. The molecule has 1 aliphatic heterocycles. The van der Waals surface area contributed by atoms with Crippen LogP contribution in [0, 0.1) is 0 Å². The first-order valence-corrected chi connectivity index (χ1v) is 9.00. The summed E-state index contributed by atoms with van der Waals surface area (Å²) in [5.74, 6) is 0.590. The highest BCUT2D eigenvalue weighted by Gasteiger charge is 2.33. The first-order valence-electron chi connectivity index (χ1n) is 7.51.